The van der Waals surface area contributed by atoms with Crippen LogP contribution in [0.2, 0.25) is 0 Å². The van der Waals surface area contributed by atoms with Crippen LogP contribution in [-0.2, 0) is 11.2 Å². The summed E-state index contributed by atoms with van der Waals surface area (Å²) in [5.74, 6) is 1.72. The largest absolute Gasteiger partial charge is 0.494 e. The fourth-order valence-corrected chi connectivity index (χ4v) is 1.77. The van der Waals surface area contributed by atoms with Gasteiger partial charge in [0.05, 0.1) is 18.7 Å². The lowest BCUT2D eigenvalue weighted by molar-refractivity contribution is -0.118. The van der Waals surface area contributed by atoms with Crippen molar-refractivity contribution in [2.24, 2.45) is 0 Å². The highest BCUT2D eigenvalue weighted by Crippen LogP contribution is 2.09. The van der Waals surface area contributed by atoms with E-state index in [1.165, 1.54) is 0 Å². The van der Waals surface area contributed by atoms with E-state index in [1.807, 2.05) is 37.3 Å². The maximum Gasteiger partial charge on any atom is 0.139 e. The molecule has 0 unspecified atom stereocenters. The second-order valence-corrected chi connectivity index (χ2v) is 4.41. The van der Waals surface area contributed by atoms with E-state index >= 15 is 0 Å². The summed E-state index contributed by atoms with van der Waals surface area (Å²) in [6.07, 6.45) is 1.55. The predicted molar refractivity (Wildman–Crippen MR) is 71.1 cm³/mol. The van der Waals surface area contributed by atoms with Crippen LogP contribution in [0.4, 0.5) is 0 Å². The molecule has 0 atom stereocenters. The molecule has 1 aromatic heterocycles. The van der Waals surface area contributed by atoms with E-state index in [0.717, 1.165) is 11.5 Å². The fourth-order valence-electron chi connectivity index (χ4n) is 1.77. The summed E-state index contributed by atoms with van der Waals surface area (Å²) in [7, 11) is 0. The molecule has 0 fully saturated rings. The zero-order chi connectivity index (χ0) is 13.5. The first-order valence-electron chi connectivity index (χ1n) is 6.36. The van der Waals surface area contributed by atoms with Crippen molar-refractivity contribution in [3.8, 4) is 5.75 Å². The number of nitrogens with zero attached hydrogens (tertiary/aromatic N) is 1. The number of carbonyl (C=O) groups excluding carboxylic acids is 1. The van der Waals surface area contributed by atoms with Gasteiger partial charge in [0.2, 0.25) is 0 Å². The summed E-state index contributed by atoms with van der Waals surface area (Å²) in [5, 5.41) is 3.80. The second-order valence-electron chi connectivity index (χ2n) is 4.41. The number of hydrogen-bond acceptors (Lipinski definition) is 4. The van der Waals surface area contributed by atoms with Gasteiger partial charge in [-0.3, -0.25) is 4.79 Å². The number of ketones is 1. The number of aromatic nitrogens is 1. The van der Waals surface area contributed by atoms with E-state index in [9.17, 15) is 4.79 Å². The maximum absolute atomic E-state index is 11.7. The van der Waals surface area contributed by atoms with Gasteiger partial charge in [0.1, 0.15) is 17.3 Å². The minimum absolute atomic E-state index is 0.157. The number of carbonyl (C=O) groups is 1. The van der Waals surface area contributed by atoms with Crippen LogP contribution in [0, 0.1) is 6.92 Å². The Morgan fingerprint density at radius 3 is 2.79 bits per heavy atom. The third kappa shape index (κ3) is 4.58. The van der Waals surface area contributed by atoms with Crippen LogP contribution in [0.1, 0.15) is 24.3 Å². The minimum atomic E-state index is 0.157. The van der Waals surface area contributed by atoms with E-state index < -0.39 is 0 Å². The monoisotopic (exact) mass is 259 g/mol. The molecule has 1 aromatic carbocycles. The highest BCUT2D eigenvalue weighted by Gasteiger charge is 2.07. The Morgan fingerprint density at radius 2 is 2.11 bits per heavy atom. The summed E-state index contributed by atoms with van der Waals surface area (Å²) in [4.78, 5) is 11.7. The van der Waals surface area contributed by atoms with Crippen molar-refractivity contribution < 1.29 is 14.1 Å². The number of rotatable bonds is 7. The van der Waals surface area contributed by atoms with Crippen LogP contribution in [0.5, 0.6) is 5.75 Å². The Hall–Kier alpha value is -2.10. The molecule has 4 heteroatoms. The summed E-state index contributed by atoms with van der Waals surface area (Å²) in [5.41, 5.74) is 0.700. The van der Waals surface area contributed by atoms with Crippen molar-refractivity contribution >= 4 is 5.78 Å². The van der Waals surface area contributed by atoms with Gasteiger partial charge in [0.25, 0.3) is 0 Å². The smallest absolute Gasteiger partial charge is 0.139 e. The van der Waals surface area contributed by atoms with E-state index in [4.69, 9.17) is 9.26 Å². The van der Waals surface area contributed by atoms with Crippen molar-refractivity contribution in [1.29, 1.82) is 0 Å². The molecule has 2 rings (SSSR count). The van der Waals surface area contributed by atoms with Gasteiger partial charge >= 0.3 is 0 Å². The molecule has 0 saturated heterocycles. The van der Waals surface area contributed by atoms with Gasteiger partial charge < -0.3 is 9.26 Å². The molecule has 0 radical (unpaired) electrons. The van der Waals surface area contributed by atoms with E-state index in [0.29, 0.717) is 31.6 Å². The zero-order valence-corrected chi connectivity index (χ0v) is 11.0. The lowest BCUT2D eigenvalue weighted by Crippen LogP contribution is -2.06. The minimum Gasteiger partial charge on any atom is -0.494 e. The quantitative estimate of drug-likeness (QED) is 0.717. The summed E-state index contributed by atoms with van der Waals surface area (Å²) in [6, 6.07) is 11.4. The second kappa shape index (κ2) is 6.73. The van der Waals surface area contributed by atoms with E-state index in [-0.39, 0.29) is 5.78 Å². The SMILES string of the molecule is Cc1cc(CC(=O)CCCOc2ccccc2)no1. The average Bonchev–Trinajstić information content (AvgIpc) is 2.81. The lowest BCUT2D eigenvalue weighted by atomic mass is 10.1. The van der Waals surface area contributed by atoms with Gasteiger partial charge in [-0.1, -0.05) is 23.4 Å². The van der Waals surface area contributed by atoms with E-state index in [1.54, 1.807) is 6.07 Å². The zero-order valence-electron chi connectivity index (χ0n) is 11.0. The molecular weight excluding hydrogens is 242 g/mol. The topological polar surface area (TPSA) is 52.3 Å². The normalized spacial score (nSPS) is 10.4. The number of para-hydroxylation sites is 1. The van der Waals surface area contributed by atoms with Crippen LogP contribution in [-0.4, -0.2) is 17.5 Å². The van der Waals surface area contributed by atoms with Crippen molar-refractivity contribution in [3.05, 3.63) is 47.9 Å². The molecule has 0 spiro atoms. The molecule has 4 nitrogen and oxygen atoms in total. The van der Waals surface area contributed by atoms with Crippen molar-refractivity contribution in [2.45, 2.75) is 26.2 Å². The van der Waals surface area contributed by atoms with Gasteiger partial charge in [-0.2, -0.15) is 0 Å². The number of aryl methyl sites for hydroxylation is 1. The molecule has 0 bridgehead atoms. The third-order valence-electron chi connectivity index (χ3n) is 2.67. The Labute approximate surface area is 112 Å². The Bertz CT molecular complexity index is 519. The molecule has 0 N–H and O–H groups in total. The lowest BCUT2D eigenvalue weighted by Gasteiger charge is -2.04. The molecule has 0 aliphatic carbocycles. The summed E-state index contributed by atoms with van der Waals surface area (Å²) in [6.45, 7) is 2.36. The third-order valence-corrected chi connectivity index (χ3v) is 2.67. The first-order chi connectivity index (χ1) is 9.24. The first-order valence-corrected chi connectivity index (χ1v) is 6.36. The highest BCUT2D eigenvalue weighted by molar-refractivity contribution is 5.80. The first kappa shape index (κ1) is 13.3. The Kier molecular flexibility index (Phi) is 4.72. The highest BCUT2D eigenvalue weighted by atomic mass is 16.5. The molecule has 0 amide bonds. The predicted octanol–water partition coefficient (Wildman–Crippen LogP) is 2.95. The van der Waals surface area contributed by atoms with Crippen molar-refractivity contribution in [3.63, 3.8) is 0 Å². The summed E-state index contributed by atoms with van der Waals surface area (Å²) >= 11 is 0. The average molecular weight is 259 g/mol. The van der Waals surface area contributed by atoms with Gasteiger partial charge in [0.15, 0.2) is 0 Å². The number of hydrogen-bond donors (Lipinski definition) is 0. The van der Waals surface area contributed by atoms with Crippen LogP contribution >= 0.6 is 0 Å². The van der Waals surface area contributed by atoms with Crippen LogP contribution in [0.3, 0.4) is 0 Å². The van der Waals surface area contributed by atoms with Crippen LogP contribution in [0.15, 0.2) is 40.9 Å². The van der Waals surface area contributed by atoms with Gasteiger partial charge in [-0.25, -0.2) is 0 Å². The fraction of sp³-hybridized carbons (Fsp3) is 0.333. The van der Waals surface area contributed by atoms with Crippen molar-refractivity contribution in [1.82, 2.24) is 5.16 Å². The van der Waals surface area contributed by atoms with Crippen LogP contribution < -0.4 is 4.74 Å². The molecule has 19 heavy (non-hydrogen) atoms. The number of ether oxygens (including phenoxy) is 1. The van der Waals surface area contributed by atoms with Crippen molar-refractivity contribution in [2.75, 3.05) is 6.61 Å². The van der Waals surface area contributed by atoms with Crippen LogP contribution in [0.25, 0.3) is 0 Å². The molecule has 0 aliphatic rings. The molecule has 100 valence electrons. The maximum atomic E-state index is 11.7. The molecule has 2 aromatic rings. The molecular formula is C15H17NO3. The van der Waals surface area contributed by atoms with Gasteiger partial charge in [-0.15, -0.1) is 0 Å². The number of Topliss-reactive ketones (excluding diaryl/α,β-unsaturated/α-hetero) is 1. The molecule has 0 aliphatic heterocycles. The number of benzene rings is 1. The van der Waals surface area contributed by atoms with E-state index in [2.05, 4.69) is 5.16 Å². The standard InChI is InChI=1S/C15H17NO3/c1-12-10-13(16-19-12)11-14(17)6-5-9-18-15-7-3-2-4-8-15/h2-4,7-8,10H,5-6,9,11H2,1H3. The summed E-state index contributed by atoms with van der Waals surface area (Å²) < 4.78 is 10.4. The Balaban J connectivity index is 1.64. The van der Waals surface area contributed by atoms with Gasteiger partial charge in [0, 0.05) is 12.5 Å². The van der Waals surface area contributed by atoms with Gasteiger partial charge in [-0.05, 0) is 25.5 Å². The molecule has 0 saturated carbocycles. The molecule has 1 heterocycles. The Morgan fingerprint density at radius 1 is 1.32 bits per heavy atom.